The quantitative estimate of drug-likeness (QED) is 0.102. The minimum atomic E-state index is -0.410. The summed E-state index contributed by atoms with van der Waals surface area (Å²) in [5.74, 6) is 1.55. The zero-order valence-corrected chi connectivity index (χ0v) is 23.1. The van der Waals surface area contributed by atoms with Crippen LogP contribution in [0.5, 0.6) is 0 Å². The number of hydrogen-bond acceptors (Lipinski definition) is 3. The van der Waals surface area contributed by atoms with Gasteiger partial charge in [-0.3, -0.25) is 10.7 Å². The summed E-state index contributed by atoms with van der Waals surface area (Å²) in [5, 5.41) is 14.4. The minimum absolute atomic E-state index is 0.00489. The normalized spacial score (nSPS) is 10.3. The number of halogens is 1. The fraction of sp³-hybridized carbons (Fsp3) is 0.400. The van der Waals surface area contributed by atoms with Crippen LogP contribution in [-0.2, 0) is 0 Å². The molecule has 0 fully saturated rings. The molecule has 192 valence electrons. The van der Waals surface area contributed by atoms with Crippen molar-refractivity contribution in [3.8, 4) is 11.3 Å². The number of ketones is 1. The third-order valence-corrected chi connectivity index (χ3v) is 6.96. The molecule has 2 aromatic carbocycles. The highest BCUT2D eigenvalue weighted by Gasteiger charge is 2.18. The molecule has 0 amide bonds. The Hall–Kier alpha value is -2.56. The highest BCUT2D eigenvalue weighted by Crippen LogP contribution is 2.28. The number of nitrogens with two attached hydrogens (primary N) is 1. The molecule has 0 radical (unpaired) electrons. The Morgan fingerprint density at radius 2 is 1.53 bits per heavy atom. The van der Waals surface area contributed by atoms with E-state index in [1.165, 1.54) is 75.8 Å². The first-order valence-electron chi connectivity index (χ1n) is 13.0. The summed E-state index contributed by atoms with van der Waals surface area (Å²) >= 11 is 7.32. The van der Waals surface area contributed by atoms with Crippen LogP contribution in [0.15, 0.2) is 60.0 Å². The Labute approximate surface area is 225 Å². The van der Waals surface area contributed by atoms with Gasteiger partial charge in [0.05, 0.1) is 29.4 Å². The molecule has 0 bridgehead atoms. The first-order valence-corrected chi connectivity index (χ1v) is 14.3. The number of carbonyl (C=O) groups is 1. The summed E-state index contributed by atoms with van der Waals surface area (Å²) in [6, 6.07) is 16.3. The first-order chi connectivity index (χ1) is 17.6. The number of nitrogens with zero attached hydrogens (tertiary/aromatic N) is 2. The van der Waals surface area contributed by atoms with E-state index in [1.54, 1.807) is 24.3 Å². The monoisotopic (exact) mass is 523 g/mol. The van der Waals surface area contributed by atoms with Gasteiger partial charge in [0, 0.05) is 16.5 Å². The summed E-state index contributed by atoms with van der Waals surface area (Å²) < 4.78 is 0. The van der Waals surface area contributed by atoms with Gasteiger partial charge >= 0.3 is 0 Å². The molecule has 1 heterocycles. The van der Waals surface area contributed by atoms with Crippen LogP contribution < -0.4 is 5.32 Å². The molecule has 6 heteroatoms. The van der Waals surface area contributed by atoms with Crippen molar-refractivity contribution < 1.29 is 10.1 Å². The first kappa shape index (κ1) is 29.7. The number of benzene rings is 2. The van der Waals surface area contributed by atoms with E-state index in [9.17, 15) is 10.2 Å². The number of carbonyl (C=O) groups excluding carboxylic acids is 1. The van der Waals surface area contributed by atoms with Crippen molar-refractivity contribution >= 4 is 40.2 Å². The second-order valence-corrected chi connectivity index (χ2v) is 9.95. The van der Waals surface area contributed by atoms with Gasteiger partial charge in [-0.05, 0) is 37.8 Å². The zero-order valence-electron chi connectivity index (χ0n) is 21.5. The van der Waals surface area contributed by atoms with E-state index in [-0.39, 0.29) is 5.57 Å². The van der Waals surface area contributed by atoms with Crippen LogP contribution >= 0.6 is 22.9 Å². The molecule has 0 unspecified atom stereocenters. The summed E-state index contributed by atoms with van der Waals surface area (Å²) in [6.07, 6.45) is 11.3. The number of quaternary nitrogens is 1. The Kier molecular flexibility index (Phi) is 14.7. The van der Waals surface area contributed by atoms with Crippen LogP contribution in [0.25, 0.3) is 22.2 Å². The molecular weight excluding hydrogens is 486 g/mol. The van der Waals surface area contributed by atoms with E-state index in [1.807, 2.05) is 41.6 Å². The molecular formula is C30H38ClN3OS. The van der Waals surface area contributed by atoms with Crippen LogP contribution in [0, 0.1) is 0 Å². The van der Waals surface area contributed by atoms with E-state index in [2.05, 4.69) is 24.1 Å². The van der Waals surface area contributed by atoms with Gasteiger partial charge in [-0.25, -0.2) is 4.98 Å². The van der Waals surface area contributed by atoms with Crippen molar-refractivity contribution in [1.82, 2.24) is 4.98 Å². The molecule has 0 atom stereocenters. The van der Waals surface area contributed by atoms with Crippen molar-refractivity contribution in [2.45, 2.75) is 65.2 Å². The molecule has 3 aromatic rings. The van der Waals surface area contributed by atoms with Crippen molar-refractivity contribution in [3.63, 3.8) is 0 Å². The highest BCUT2D eigenvalue weighted by atomic mass is 35.5. The fourth-order valence-electron chi connectivity index (χ4n) is 3.68. The van der Waals surface area contributed by atoms with Crippen molar-refractivity contribution in [2.75, 3.05) is 13.1 Å². The number of aromatic nitrogens is 1. The summed E-state index contributed by atoms with van der Waals surface area (Å²) in [6.45, 7) is 7.25. The Morgan fingerprint density at radius 1 is 0.917 bits per heavy atom. The van der Waals surface area contributed by atoms with Gasteiger partial charge in [0.2, 0.25) is 5.78 Å². The molecule has 0 aliphatic heterocycles. The summed E-state index contributed by atoms with van der Waals surface area (Å²) in [7, 11) is 0. The maximum absolute atomic E-state index is 12.6. The van der Waals surface area contributed by atoms with Gasteiger partial charge in [-0.1, -0.05) is 93.6 Å². The molecule has 0 saturated carbocycles. The van der Waals surface area contributed by atoms with Crippen molar-refractivity contribution in [1.29, 1.82) is 0 Å². The summed E-state index contributed by atoms with van der Waals surface area (Å²) in [4.78, 5) is 17.0. The van der Waals surface area contributed by atoms with E-state index >= 15 is 0 Å². The lowest BCUT2D eigenvalue weighted by Crippen LogP contribution is -2.84. The largest absolute Gasteiger partial charge is 0.763 e. The van der Waals surface area contributed by atoms with Crippen LogP contribution in [0.3, 0.4) is 0 Å². The molecule has 0 aliphatic carbocycles. The number of hydrogen-bond donors (Lipinski definition) is 1. The van der Waals surface area contributed by atoms with Crippen molar-refractivity contribution in [3.05, 3.63) is 81.0 Å². The van der Waals surface area contributed by atoms with Crippen LogP contribution in [0.2, 0.25) is 5.02 Å². The van der Waals surface area contributed by atoms with E-state index < -0.39 is 5.78 Å². The SMILES string of the molecule is CCCCCC[NH2+]CCCCCC.[N-]=C=C(C(=O)c1ccccc1Cl)c1nc(-c2ccccc2)cs1. The van der Waals surface area contributed by atoms with Crippen molar-refractivity contribution in [2.24, 2.45) is 0 Å². The molecule has 0 saturated heterocycles. The topological polar surface area (TPSA) is 68.9 Å². The molecule has 2 N–H and O–H groups in total. The Bertz CT molecular complexity index is 1080. The van der Waals surface area contributed by atoms with Gasteiger partial charge in [0.15, 0.2) is 0 Å². The lowest BCUT2D eigenvalue weighted by molar-refractivity contribution is -0.655. The Morgan fingerprint density at radius 3 is 2.11 bits per heavy atom. The molecule has 0 aliphatic rings. The van der Waals surface area contributed by atoms with Gasteiger partial charge < -0.3 is 10.7 Å². The molecule has 0 spiro atoms. The number of Topliss-reactive ketones (excluding diaryl/α,β-unsaturated/α-hetero) is 1. The van der Waals surface area contributed by atoms with Gasteiger partial charge in [-0.15, -0.1) is 11.3 Å². The minimum Gasteiger partial charge on any atom is -0.763 e. The van der Waals surface area contributed by atoms with Gasteiger partial charge in [-0.2, -0.15) is 0 Å². The average Bonchev–Trinajstić information content (AvgIpc) is 3.39. The predicted molar refractivity (Wildman–Crippen MR) is 155 cm³/mol. The average molecular weight is 524 g/mol. The fourth-order valence-corrected chi connectivity index (χ4v) is 4.72. The van der Waals surface area contributed by atoms with Crippen LogP contribution in [-0.4, -0.2) is 29.7 Å². The highest BCUT2D eigenvalue weighted by molar-refractivity contribution is 7.11. The number of thiazole rings is 1. The number of allylic oxidation sites excluding steroid dienone is 1. The smallest absolute Gasteiger partial charge is 0.203 e. The van der Waals surface area contributed by atoms with E-state index in [0.29, 0.717) is 15.6 Å². The number of rotatable bonds is 14. The lowest BCUT2D eigenvalue weighted by atomic mass is 10.0. The summed E-state index contributed by atoms with van der Waals surface area (Å²) in [5.41, 5.74) is 2.00. The third-order valence-electron chi connectivity index (χ3n) is 5.77. The van der Waals surface area contributed by atoms with E-state index in [0.717, 1.165) is 11.3 Å². The third kappa shape index (κ3) is 10.2. The standard InChI is InChI=1S/C18H10ClN2OS.C12H27N/c19-15-9-5-4-8-13(15)17(22)14(10-20)18-21-16(11-23-18)12-6-2-1-3-7-12;1-3-5-7-9-11-13-12-10-8-6-4-2/h1-9,11H;13H,3-12H2,1-2H3/q-1;/p+1. The second-order valence-electron chi connectivity index (χ2n) is 8.69. The predicted octanol–water partition coefficient (Wildman–Crippen LogP) is 7.68. The molecule has 4 nitrogen and oxygen atoms in total. The maximum atomic E-state index is 12.6. The molecule has 36 heavy (non-hydrogen) atoms. The maximum Gasteiger partial charge on any atom is 0.203 e. The molecule has 3 rings (SSSR count). The number of unbranched alkanes of at least 4 members (excludes halogenated alkanes) is 6. The van der Waals surface area contributed by atoms with Gasteiger partial charge in [0.1, 0.15) is 5.01 Å². The lowest BCUT2D eigenvalue weighted by Gasteiger charge is -2.04. The van der Waals surface area contributed by atoms with E-state index in [4.69, 9.17) is 11.6 Å². The molecule has 1 aromatic heterocycles. The second kappa shape index (κ2) is 17.8. The van der Waals surface area contributed by atoms with Crippen LogP contribution in [0.1, 0.15) is 80.6 Å². The zero-order chi connectivity index (χ0) is 26.0. The van der Waals surface area contributed by atoms with Gasteiger partial charge in [0.25, 0.3) is 0 Å². The Balaban J connectivity index is 0.000000302. The van der Waals surface area contributed by atoms with Crippen LogP contribution in [0.4, 0.5) is 0 Å².